The first-order valence-corrected chi connectivity index (χ1v) is 9.32. The summed E-state index contributed by atoms with van der Waals surface area (Å²) in [7, 11) is 0. The van der Waals surface area contributed by atoms with Crippen LogP contribution in [-0.4, -0.2) is 33.3 Å². The van der Waals surface area contributed by atoms with E-state index in [0.717, 1.165) is 37.1 Å². The van der Waals surface area contributed by atoms with Crippen LogP contribution in [0.4, 0.5) is 0 Å². The number of aromatic nitrogens is 3. The van der Waals surface area contributed by atoms with E-state index in [2.05, 4.69) is 32.3 Å². The molecule has 0 spiro atoms. The number of hydrogen-bond donors (Lipinski definition) is 2. The van der Waals surface area contributed by atoms with Crippen molar-refractivity contribution in [2.24, 2.45) is 4.99 Å². The molecule has 0 bridgehead atoms. The zero-order valence-corrected chi connectivity index (χ0v) is 14.4. The summed E-state index contributed by atoms with van der Waals surface area (Å²) in [4.78, 5) is 4.76. The molecule has 23 heavy (non-hydrogen) atoms. The van der Waals surface area contributed by atoms with Crippen LogP contribution in [0.15, 0.2) is 4.99 Å². The molecule has 1 saturated carbocycles. The van der Waals surface area contributed by atoms with Gasteiger partial charge in [0.15, 0.2) is 11.8 Å². The molecule has 3 rings (SSSR count). The SMILES string of the molecule is CCNC(=NCc1nnc2n1CCCCC2)NC1CCCCC1. The van der Waals surface area contributed by atoms with Crippen molar-refractivity contribution in [2.75, 3.05) is 6.54 Å². The molecule has 0 saturated heterocycles. The van der Waals surface area contributed by atoms with E-state index in [-0.39, 0.29) is 0 Å². The summed E-state index contributed by atoms with van der Waals surface area (Å²) >= 11 is 0. The van der Waals surface area contributed by atoms with E-state index in [4.69, 9.17) is 4.99 Å². The highest BCUT2D eigenvalue weighted by Crippen LogP contribution is 2.17. The summed E-state index contributed by atoms with van der Waals surface area (Å²) in [5.74, 6) is 3.06. The third-order valence-electron chi connectivity index (χ3n) is 4.85. The van der Waals surface area contributed by atoms with Gasteiger partial charge in [0.25, 0.3) is 0 Å². The molecule has 1 fully saturated rings. The lowest BCUT2D eigenvalue weighted by Crippen LogP contribution is -2.44. The first-order valence-electron chi connectivity index (χ1n) is 9.32. The Balaban J connectivity index is 1.64. The number of aliphatic imine (C=N–C) groups is 1. The van der Waals surface area contributed by atoms with Crippen LogP contribution >= 0.6 is 0 Å². The maximum absolute atomic E-state index is 4.76. The smallest absolute Gasteiger partial charge is 0.191 e. The second-order valence-corrected chi connectivity index (χ2v) is 6.67. The van der Waals surface area contributed by atoms with Crippen LogP contribution in [0.25, 0.3) is 0 Å². The third-order valence-corrected chi connectivity index (χ3v) is 4.85. The maximum Gasteiger partial charge on any atom is 0.191 e. The van der Waals surface area contributed by atoms with E-state index in [0.29, 0.717) is 12.6 Å². The predicted molar refractivity (Wildman–Crippen MR) is 92.4 cm³/mol. The molecule has 0 radical (unpaired) electrons. The highest BCUT2D eigenvalue weighted by Gasteiger charge is 2.16. The average Bonchev–Trinajstić information content (AvgIpc) is 2.80. The van der Waals surface area contributed by atoms with Gasteiger partial charge >= 0.3 is 0 Å². The van der Waals surface area contributed by atoms with Gasteiger partial charge < -0.3 is 15.2 Å². The monoisotopic (exact) mass is 318 g/mol. The molecule has 2 N–H and O–H groups in total. The number of aryl methyl sites for hydroxylation is 1. The standard InChI is InChI=1S/C17H30N6/c1-2-18-17(20-14-9-5-3-6-10-14)19-13-16-22-21-15-11-7-4-8-12-23(15)16/h14H,2-13H2,1H3,(H2,18,19,20). The molecule has 2 heterocycles. The van der Waals surface area contributed by atoms with Gasteiger partial charge in [0, 0.05) is 25.6 Å². The molecule has 128 valence electrons. The molecule has 0 amide bonds. The largest absolute Gasteiger partial charge is 0.357 e. The lowest BCUT2D eigenvalue weighted by atomic mass is 9.96. The molecule has 0 aromatic carbocycles. The summed E-state index contributed by atoms with van der Waals surface area (Å²) in [6, 6.07) is 0.567. The summed E-state index contributed by atoms with van der Waals surface area (Å²) in [6.45, 7) is 4.65. The lowest BCUT2D eigenvalue weighted by Gasteiger charge is -2.24. The Hall–Kier alpha value is -1.59. The van der Waals surface area contributed by atoms with Crippen LogP contribution in [0.2, 0.25) is 0 Å². The van der Waals surface area contributed by atoms with Gasteiger partial charge in [-0.2, -0.15) is 0 Å². The number of hydrogen-bond acceptors (Lipinski definition) is 3. The van der Waals surface area contributed by atoms with Crippen LogP contribution in [0.5, 0.6) is 0 Å². The molecule has 2 aliphatic rings. The fraction of sp³-hybridized carbons (Fsp3) is 0.824. The van der Waals surface area contributed by atoms with Gasteiger partial charge in [0.05, 0.1) is 0 Å². The Morgan fingerprint density at radius 2 is 1.96 bits per heavy atom. The van der Waals surface area contributed by atoms with Crippen molar-refractivity contribution < 1.29 is 0 Å². The second-order valence-electron chi connectivity index (χ2n) is 6.67. The first kappa shape index (κ1) is 16.3. The van der Waals surface area contributed by atoms with E-state index in [1.165, 1.54) is 51.4 Å². The molecular weight excluding hydrogens is 288 g/mol. The Morgan fingerprint density at radius 3 is 2.78 bits per heavy atom. The van der Waals surface area contributed by atoms with Gasteiger partial charge in [-0.25, -0.2) is 4.99 Å². The van der Waals surface area contributed by atoms with E-state index >= 15 is 0 Å². The van der Waals surface area contributed by atoms with Crippen LogP contribution in [0, 0.1) is 0 Å². The van der Waals surface area contributed by atoms with E-state index in [9.17, 15) is 0 Å². The normalized spacial score (nSPS) is 20.0. The van der Waals surface area contributed by atoms with Crippen molar-refractivity contribution in [1.82, 2.24) is 25.4 Å². The number of nitrogens with zero attached hydrogens (tertiary/aromatic N) is 4. The summed E-state index contributed by atoms with van der Waals surface area (Å²) in [5.41, 5.74) is 0. The molecular formula is C17H30N6. The summed E-state index contributed by atoms with van der Waals surface area (Å²) in [5, 5.41) is 15.7. The fourth-order valence-corrected chi connectivity index (χ4v) is 3.57. The van der Waals surface area contributed by atoms with Crippen molar-refractivity contribution in [2.45, 2.75) is 83.8 Å². The van der Waals surface area contributed by atoms with Gasteiger partial charge in [-0.15, -0.1) is 10.2 Å². The van der Waals surface area contributed by atoms with Gasteiger partial charge in [0.1, 0.15) is 12.4 Å². The second kappa shape index (κ2) is 8.31. The molecule has 6 nitrogen and oxygen atoms in total. The van der Waals surface area contributed by atoms with E-state index in [1.54, 1.807) is 0 Å². The highest BCUT2D eigenvalue weighted by molar-refractivity contribution is 5.80. The molecule has 0 unspecified atom stereocenters. The molecule has 1 aromatic heterocycles. The highest BCUT2D eigenvalue weighted by atomic mass is 15.3. The maximum atomic E-state index is 4.76. The van der Waals surface area contributed by atoms with Gasteiger partial charge in [-0.3, -0.25) is 0 Å². The fourth-order valence-electron chi connectivity index (χ4n) is 3.57. The van der Waals surface area contributed by atoms with Gasteiger partial charge in [0.2, 0.25) is 0 Å². The Kier molecular flexibility index (Phi) is 5.88. The van der Waals surface area contributed by atoms with Crippen molar-refractivity contribution in [1.29, 1.82) is 0 Å². The average molecular weight is 318 g/mol. The van der Waals surface area contributed by atoms with Crippen molar-refractivity contribution in [3.63, 3.8) is 0 Å². The number of rotatable bonds is 4. The van der Waals surface area contributed by atoms with Gasteiger partial charge in [-0.05, 0) is 32.6 Å². The molecule has 1 aromatic rings. The number of nitrogens with one attached hydrogen (secondary N) is 2. The molecule has 1 aliphatic heterocycles. The number of fused-ring (bicyclic) bond motifs is 1. The topological polar surface area (TPSA) is 67.1 Å². The third kappa shape index (κ3) is 4.45. The van der Waals surface area contributed by atoms with Crippen LogP contribution in [-0.2, 0) is 19.5 Å². The first-order chi connectivity index (χ1) is 11.4. The Bertz CT molecular complexity index is 515. The minimum absolute atomic E-state index is 0.567. The molecule has 6 heteroatoms. The van der Waals surface area contributed by atoms with E-state index in [1.807, 2.05) is 0 Å². The quantitative estimate of drug-likeness (QED) is 0.661. The minimum Gasteiger partial charge on any atom is -0.357 e. The van der Waals surface area contributed by atoms with Crippen molar-refractivity contribution in [3.05, 3.63) is 11.6 Å². The van der Waals surface area contributed by atoms with Gasteiger partial charge in [-0.1, -0.05) is 25.7 Å². The molecule has 0 atom stereocenters. The van der Waals surface area contributed by atoms with Crippen LogP contribution in [0.1, 0.15) is 69.9 Å². The summed E-state index contributed by atoms with van der Waals surface area (Å²) in [6.07, 6.45) is 11.3. The van der Waals surface area contributed by atoms with Crippen LogP contribution in [0.3, 0.4) is 0 Å². The van der Waals surface area contributed by atoms with Crippen molar-refractivity contribution in [3.8, 4) is 0 Å². The van der Waals surface area contributed by atoms with Crippen molar-refractivity contribution >= 4 is 5.96 Å². The zero-order valence-electron chi connectivity index (χ0n) is 14.4. The van der Waals surface area contributed by atoms with E-state index < -0.39 is 0 Å². The Labute approximate surface area is 139 Å². The zero-order chi connectivity index (χ0) is 15.9. The number of guanidine groups is 1. The summed E-state index contributed by atoms with van der Waals surface area (Å²) < 4.78 is 2.28. The van der Waals surface area contributed by atoms with Crippen LogP contribution < -0.4 is 10.6 Å². The minimum atomic E-state index is 0.567. The predicted octanol–water partition coefficient (Wildman–Crippen LogP) is 2.39. The lowest BCUT2D eigenvalue weighted by molar-refractivity contribution is 0.410. The molecule has 1 aliphatic carbocycles. The Morgan fingerprint density at radius 1 is 1.13 bits per heavy atom.